The highest BCUT2D eigenvalue weighted by atomic mass is 32.2. The molecule has 2 rings (SSSR count). The van der Waals surface area contributed by atoms with E-state index in [0.29, 0.717) is 11.3 Å². The van der Waals surface area contributed by atoms with Crippen LogP contribution in [0.1, 0.15) is 33.5 Å². The second-order valence-corrected chi connectivity index (χ2v) is 6.38. The van der Waals surface area contributed by atoms with Gasteiger partial charge in [0.05, 0.1) is 4.88 Å². The summed E-state index contributed by atoms with van der Waals surface area (Å²) in [6.07, 6.45) is 1.40. The zero-order valence-electron chi connectivity index (χ0n) is 10.1. The number of thioether (sulfide) groups is 1. The van der Waals surface area contributed by atoms with Crippen LogP contribution in [0.4, 0.5) is 0 Å². The van der Waals surface area contributed by atoms with Crippen molar-refractivity contribution in [3.63, 3.8) is 0 Å². The van der Waals surface area contributed by atoms with Crippen molar-refractivity contribution in [3.8, 4) is 0 Å². The van der Waals surface area contributed by atoms with Crippen LogP contribution in [0.3, 0.4) is 0 Å². The third kappa shape index (κ3) is 2.87. The fourth-order valence-electron chi connectivity index (χ4n) is 1.83. The number of hydrogen-bond donors (Lipinski definition) is 2. The molecule has 6 heteroatoms. The van der Waals surface area contributed by atoms with Crippen molar-refractivity contribution < 1.29 is 14.7 Å². The van der Waals surface area contributed by atoms with Crippen LogP contribution >= 0.6 is 23.1 Å². The number of thiophene rings is 1. The molecule has 0 radical (unpaired) electrons. The summed E-state index contributed by atoms with van der Waals surface area (Å²) in [4.78, 5) is 24.7. The molecule has 4 nitrogen and oxygen atoms in total. The first kappa shape index (κ1) is 13.4. The highest BCUT2D eigenvalue weighted by Crippen LogP contribution is 2.31. The Morgan fingerprint density at radius 1 is 1.56 bits per heavy atom. The van der Waals surface area contributed by atoms with E-state index < -0.39 is 12.0 Å². The van der Waals surface area contributed by atoms with Crippen LogP contribution in [0, 0.1) is 0 Å². The summed E-state index contributed by atoms with van der Waals surface area (Å²) in [5, 5.41) is 11.5. The Morgan fingerprint density at radius 2 is 2.33 bits per heavy atom. The number of hydrogen-bond acceptors (Lipinski definition) is 4. The minimum atomic E-state index is -0.984. The van der Waals surface area contributed by atoms with Gasteiger partial charge in [-0.25, -0.2) is 4.79 Å². The van der Waals surface area contributed by atoms with E-state index in [2.05, 4.69) is 5.32 Å². The third-order valence-electron chi connectivity index (χ3n) is 2.86. The highest BCUT2D eigenvalue weighted by Gasteiger charge is 2.22. The Hall–Kier alpha value is -1.01. The molecule has 2 heterocycles. The molecule has 98 valence electrons. The van der Waals surface area contributed by atoms with Gasteiger partial charge in [0.1, 0.15) is 6.04 Å². The Labute approximate surface area is 114 Å². The smallest absolute Gasteiger partial charge is 0.326 e. The van der Waals surface area contributed by atoms with Gasteiger partial charge in [-0.15, -0.1) is 11.3 Å². The lowest BCUT2D eigenvalue weighted by Gasteiger charge is -2.10. The molecule has 18 heavy (non-hydrogen) atoms. The number of rotatable bonds is 4. The molecule has 1 atom stereocenters. The van der Waals surface area contributed by atoms with Crippen LogP contribution in [-0.4, -0.2) is 28.8 Å². The normalized spacial score (nSPS) is 15.8. The van der Waals surface area contributed by atoms with Crippen molar-refractivity contribution in [1.29, 1.82) is 0 Å². The fourth-order valence-corrected chi connectivity index (χ4v) is 4.10. The first-order chi connectivity index (χ1) is 8.61. The van der Waals surface area contributed by atoms with Crippen LogP contribution in [0.15, 0.2) is 6.07 Å². The Balaban J connectivity index is 2.09. The number of aryl methyl sites for hydroxylation is 1. The quantitative estimate of drug-likeness (QED) is 0.889. The number of amides is 1. The minimum absolute atomic E-state index is 0.270. The third-order valence-corrected chi connectivity index (χ3v) is 5.11. The van der Waals surface area contributed by atoms with Gasteiger partial charge in [-0.05, 0) is 30.2 Å². The lowest BCUT2D eigenvalue weighted by atomic mass is 10.2. The number of nitrogens with one attached hydrogen (secondary N) is 1. The van der Waals surface area contributed by atoms with Gasteiger partial charge in [0.2, 0.25) is 0 Å². The predicted molar refractivity (Wildman–Crippen MR) is 73.4 cm³/mol. The second kappa shape index (κ2) is 5.75. The molecule has 0 fully saturated rings. The van der Waals surface area contributed by atoms with E-state index in [0.717, 1.165) is 17.9 Å². The van der Waals surface area contributed by atoms with E-state index in [4.69, 9.17) is 5.11 Å². The number of carboxylic acids is 1. The molecular weight excluding hydrogens is 270 g/mol. The van der Waals surface area contributed by atoms with Crippen LogP contribution in [0.5, 0.6) is 0 Å². The standard InChI is InChI=1S/C12H15NO3S2/c1-2-8(12(15)16)13-11(14)10-5-7-6-17-4-3-9(7)18-10/h5,8H,2-4,6H2,1H3,(H,13,14)(H,15,16)/t8-/m1/s1. The van der Waals surface area contributed by atoms with Crippen LogP contribution < -0.4 is 5.32 Å². The molecule has 2 N–H and O–H groups in total. The molecule has 0 bridgehead atoms. The van der Waals surface area contributed by atoms with Gasteiger partial charge in [-0.2, -0.15) is 11.8 Å². The molecule has 0 aliphatic carbocycles. The first-order valence-electron chi connectivity index (χ1n) is 5.84. The van der Waals surface area contributed by atoms with Gasteiger partial charge < -0.3 is 10.4 Å². The minimum Gasteiger partial charge on any atom is -0.480 e. The first-order valence-corrected chi connectivity index (χ1v) is 7.82. The van der Waals surface area contributed by atoms with Crippen molar-refractivity contribution in [1.82, 2.24) is 5.32 Å². The molecule has 0 saturated carbocycles. The van der Waals surface area contributed by atoms with E-state index in [1.807, 2.05) is 17.8 Å². The molecule has 0 spiro atoms. The summed E-state index contributed by atoms with van der Waals surface area (Å²) in [6.45, 7) is 1.75. The Kier molecular flexibility index (Phi) is 4.29. The Morgan fingerprint density at radius 3 is 2.94 bits per heavy atom. The predicted octanol–water partition coefficient (Wildman–Crippen LogP) is 2.13. The average molecular weight is 285 g/mol. The van der Waals surface area contributed by atoms with Crippen molar-refractivity contribution in [2.75, 3.05) is 5.75 Å². The fraction of sp³-hybridized carbons (Fsp3) is 0.500. The van der Waals surface area contributed by atoms with Crippen molar-refractivity contribution in [2.24, 2.45) is 0 Å². The number of carbonyl (C=O) groups excluding carboxylic acids is 1. The monoisotopic (exact) mass is 285 g/mol. The average Bonchev–Trinajstić information content (AvgIpc) is 2.79. The van der Waals surface area contributed by atoms with E-state index >= 15 is 0 Å². The molecule has 1 aliphatic heterocycles. The van der Waals surface area contributed by atoms with Gasteiger partial charge in [0.15, 0.2) is 0 Å². The zero-order chi connectivity index (χ0) is 13.1. The summed E-state index contributed by atoms with van der Waals surface area (Å²) >= 11 is 3.36. The van der Waals surface area contributed by atoms with Crippen LogP contribution in [0.2, 0.25) is 0 Å². The molecular formula is C12H15NO3S2. The SMILES string of the molecule is CC[C@@H](NC(=O)c1cc2c(s1)CCSC2)C(=O)O. The molecule has 1 aromatic heterocycles. The number of carbonyl (C=O) groups is 2. The van der Waals surface area contributed by atoms with E-state index in [-0.39, 0.29) is 5.91 Å². The maximum absolute atomic E-state index is 12.0. The van der Waals surface area contributed by atoms with Gasteiger partial charge in [-0.1, -0.05) is 6.92 Å². The van der Waals surface area contributed by atoms with Gasteiger partial charge in [0.25, 0.3) is 5.91 Å². The topological polar surface area (TPSA) is 66.4 Å². The maximum Gasteiger partial charge on any atom is 0.326 e. The lowest BCUT2D eigenvalue weighted by Crippen LogP contribution is -2.39. The lowest BCUT2D eigenvalue weighted by molar-refractivity contribution is -0.139. The second-order valence-electron chi connectivity index (χ2n) is 4.13. The van der Waals surface area contributed by atoms with Crippen molar-refractivity contribution in [3.05, 3.63) is 21.4 Å². The number of aliphatic carboxylic acids is 1. The Bertz CT molecular complexity index is 446. The van der Waals surface area contributed by atoms with Gasteiger partial charge >= 0.3 is 5.97 Å². The summed E-state index contributed by atoms with van der Waals surface area (Å²) in [7, 11) is 0. The van der Waals surface area contributed by atoms with Gasteiger partial charge in [-0.3, -0.25) is 4.79 Å². The number of fused-ring (bicyclic) bond motifs is 1. The van der Waals surface area contributed by atoms with Crippen molar-refractivity contribution >= 4 is 35.0 Å². The van der Waals surface area contributed by atoms with E-state index in [1.54, 1.807) is 6.92 Å². The van der Waals surface area contributed by atoms with E-state index in [1.165, 1.54) is 21.8 Å². The van der Waals surface area contributed by atoms with E-state index in [9.17, 15) is 9.59 Å². The molecule has 1 amide bonds. The van der Waals surface area contributed by atoms with Crippen LogP contribution in [0.25, 0.3) is 0 Å². The summed E-state index contributed by atoms with van der Waals surface area (Å²) in [5.41, 5.74) is 1.23. The maximum atomic E-state index is 12.0. The molecule has 1 aromatic rings. The molecule has 0 saturated heterocycles. The molecule has 0 aromatic carbocycles. The zero-order valence-corrected chi connectivity index (χ0v) is 11.7. The van der Waals surface area contributed by atoms with Crippen molar-refractivity contribution in [2.45, 2.75) is 31.6 Å². The largest absolute Gasteiger partial charge is 0.480 e. The van der Waals surface area contributed by atoms with Gasteiger partial charge in [0, 0.05) is 10.6 Å². The number of carboxylic acid groups (broad SMARTS) is 1. The highest BCUT2D eigenvalue weighted by molar-refractivity contribution is 7.98. The summed E-state index contributed by atoms with van der Waals surface area (Å²) in [6, 6.07) is 1.10. The van der Waals surface area contributed by atoms with Crippen LogP contribution in [-0.2, 0) is 17.0 Å². The molecule has 1 aliphatic rings. The summed E-state index contributed by atoms with van der Waals surface area (Å²) in [5.74, 6) is 0.799. The summed E-state index contributed by atoms with van der Waals surface area (Å²) < 4.78 is 0. The molecule has 0 unspecified atom stereocenters.